The van der Waals surface area contributed by atoms with E-state index < -0.39 is 28.8 Å². The fraction of sp³-hybridized carbons (Fsp3) is 0.214. The van der Waals surface area contributed by atoms with Gasteiger partial charge in [0.2, 0.25) is 5.78 Å². The third kappa shape index (κ3) is 2.27. The van der Waals surface area contributed by atoms with Gasteiger partial charge in [-0.2, -0.15) is 11.8 Å². The predicted octanol–water partition coefficient (Wildman–Crippen LogP) is 4.19. The smallest absolute Gasteiger partial charge is 0.206 e. The molecule has 0 aliphatic carbocycles. The largest absolute Gasteiger partial charge is 0.288 e. The second-order valence-electron chi connectivity index (χ2n) is 4.41. The van der Waals surface area contributed by atoms with E-state index in [-0.39, 0.29) is 0 Å². The fourth-order valence-corrected chi connectivity index (χ4v) is 4.42. The number of thioether (sulfide) groups is 1. The molecule has 3 rings (SSSR count). The summed E-state index contributed by atoms with van der Waals surface area (Å²) in [6.07, 6.45) is 0.887. The van der Waals surface area contributed by atoms with Crippen LogP contribution in [0.5, 0.6) is 0 Å². The highest BCUT2D eigenvalue weighted by molar-refractivity contribution is 7.98. The molecule has 0 saturated heterocycles. The first-order valence-electron chi connectivity index (χ1n) is 5.95. The Hall–Kier alpha value is -1.27. The standard InChI is InChI=1S/C14H9F3OS2/c15-9-2-1-8(12(16)13(9)17)14(18)11-5-7-6-19-4-3-10(7)20-11/h1-2,5H,3-4,6H2. The predicted molar refractivity (Wildman–Crippen MR) is 73.9 cm³/mol. The molecule has 1 aromatic heterocycles. The van der Waals surface area contributed by atoms with Gasteiger partial charge < -0.3 is 0 Å². The number of hydrogen-bond acceptors (Lipinski definition) is 3. The Bertz CT molecular complexity index is 670. The zero-order chi connectivity index (χ0) is 14.3. The summed E-state index contributed by atoms with van der Waals surface area (Å²) in [5.41, 5.74) is 0.660. The molecule has 2 heterocycles. The highest BCUT2D eigenvalue weighted by atomic mass is 32.2. The van der Waals surface area contributed by atoms with Crippen LogP contribution in [0, 0.1) is 17.5 Å². The Balaban J connectivity index is 2.01. The number of hydrogen-bond donors (Lipinski definition) is 0. The number of aryl methyl sites for hydroxylation is 1. The lowest BCUT2D eigenvalue weighted by Crippen LogP contribution is -2.05. The van der Waals surface area contributed by atoms with Gasteiger partial charge in [-0.1, -0.05) is 0 Å². The van der Waals surface area contributed by atoms with Gasteiger partial charge in [-0.05, 0) is 35.9 Å². The van der Waals surface area contributed by atoms with Gasteiger partial charge in [-0.3, -0.25) is 4.79 Å². The average Bonchev–Trinajstić information content (AvgIpc) is 2.88. The monoisotopic (exact) mass is 314 g/mol. The van der Waals surface area contributed by atoms with Crippen LogP contribution in [-0.4, -0.2) is 11.5 Å². The summed E-state index contributed by atoms with van der Waals surface area (Å²) in [7, 11) is 0. The van der Waals surface area contributed by atoms with E-state index in [1.54, 1.807) is 17.8 Å². The molecule has 0 saturated carbocycles. The van der Waals surface area contributed by atoms with Crippen LogP contribution in [-0.2, 0) is 12.2 Å². The van der Waals surface area contributed by atoms with Gasteiger partial charge in [0.15, 0.2) is 17.5 Å². The molecule has 6 heteroatoms. The molecular weight excluding hydrogens is 305 g/mol. The van der Waals surface area contributed by atoms with Crippen molar-refractivity contribution in [2.75, 3.05) is 5.75 Å². The Morgan fingerprint density at radius 1 is 1.15 bits per heavy atom. The van der Waals surface area contributed by atoms with E-state index >= 15 is 0 Å². The van der Waals surface area contributed by atoms with E-state index in [2.05, 4.69) is 0 Å². The maximum Gasteiger partial charge on any atom is 0.206 e. The molecule has 1 aliphatic rings. The Morgan fingerprint density at radius 2 is 1.95 bits per heavy atom. The van der Waals surface area contributed by atoms with Crippen LogP contribution in [0.3, 0.4) is 0 Å². The molecule has 1 aliphatic heterocycles. The van der Waals surface area contributed by atoms with Crippen molar-refractivity contribution in [2.45, 2.75) is 12.2 Å². The van der Waals surface area contributed by atoms with Gasteiger partial charge in [0.05, 0.1) is 10.4 Å². The first-order valence-corrected chi connectivity index (χ1v) is 7.92. The number of carbonyl (C=O) groups excluding carboxylic acids is 1. The molecule has 0 bridgehead atoms. The van der Waals surface area contributed by atoms with Crippen LogP contribution in [0.2, 0.25) is 0 Å². The number of ketones is 1. The summed E-state index contributed by atoms with van der Waals surface area (Å²) in [5.74, 6) is -3.07. The molecule has 0 amide bonds. The van der Waals surface area contributed by atoms with E-state index in [1.807, 2.05) is 0 Å². The van der Waals surface area contributed by atoms with Crippen molar-refractivity contribution in [3.05, 3.63) is 56.5 Å². The van der Waals surface area contributed by atoms with Crippen LogP contribution in [0.1, 0.15) is 25.7 Å². The first kappa shape index (κ1) is 13.7. The van der Waals surface area contributed by atoms with Crippen LogP contribution in [0.4, 0.5) is 13.2 Å². The van der Waals surface area contributed by atoms with E-state index in [9.17, 15) is 18.0 Å². The molecule has 2 aromatic rings. The number of thiophene rings is 1. The number of halogens is 3. The third-order valence-corrected chi connectivity index (χ3v) is 5.38. The van der Waals surface area contributed by atoms with Crippen LogP contribution >= 0.6 is 23.1 Å². The van der Waals surface area contributed by atoms with Crippen LogP contribution in [0.25, 0.3) is 0 Å². The molecule has 0 atom stereocenters. The Labute approximate surface area is 121 Å². The molecule has 0 unspecified atom stereocenters. The zero-order valence-corrected chi connectivity index (χ0v) is 11.8. The topological polar surface area (TPSA) is 17.1 Å². The molecular formula is C14H9F3OS2. The van der Waals surface area contributed by atoms with Crippen molar-refractivity contribution in [3.63, 3.8) is 0 Å². The minimum absolute atomic E-state index is 0.377. The SMILES string of the molecule is O=C(c1cc2c(s1)CCSC2)c1ccc(F)c(F)c1F. The Morgan fingerprint density at radius 3 is 2.70 bits per heavy atom. The van der Waals surface area contributed by atoms with E-state index in [0.29, 0.717) is 4.88 Å². The van der Waals surface area contributed by atoms with Gasteiger partial charge in [-0.15, -0.1) is 11.3 Å². The lowest BCUT2D eigenvalue weighted by Gasteiger charge is -2.08. The second-order valence-corrected chi connectivity index (χ2v) is 6.66. The zero-order valence-electron chi connectivity index (χ0n) is 10.2. The normalized spacial score (nSPS) is 14.2. The van der Waals surface area contributed by atoms with Gasteiger partial charge in [0.25, 0.3) is 0 Å². The third-order valence-electron chi connectivity index (χ3n) is 3.13. The highest BCUT2D eigenvalue weighted by Gasteiger charge is 2.23. The maximum atomic E-state index is 13.6. The summed E-state index contributed by atoms with van der Waals surface area (Å²) >= 11 is 3.09. The summed E-state index contributed by atoms with van der Waals surface area (Å²) in [6.45, 7) is 0. The molecule has 1 nitrogen and oxygen atoms in total. The highest BCUT2D eigenvalue weighted by Crippen LogP contribution is 2.33. The minimum atomic E-state index is -1.60. The van der Waals surface area contributed by atoms with E-state index in [0.717, 1.165) is 40.5 Å². The van der Waals surface area contributed by atoms with Gasteiger partial charge >= 0.3 is 0 Å². The molecule has 0 N–H and O–H groups in total. The summed E-state index contributed by atoms with van der Waals surface area (Å²) in [5, 5.41) is 0. The lowest BCUT2D eigenvalue weighted by atomic mass is 10.1. The van der Waals surface area contributed by atoms with Crippen molar-refractivity contribution < 1.29 is 18.0 Å². The summed E-state index contributed by atoms with van der Waals surface area (Å²) in [6, 6.07) is 3.49. The molecule has 0 fully saturated rings. The molecule has 0 spiro atoms. The quantitative estimate of drug-likeness (QED) is 0.611. The summed E-state index contributed by atoms with van der Waals surface area (Å²) in [4.78, 5) is 13.7. The van der Waals surface area contributed by atoms with Gasteiger partial charge in [0, 0.05) is 10.6 Å². The van der Waals surface area contributed by atoms with Crippen molar-refractivity contribution >= 4 is 28.9 Å². The van der Waals surface area contributed by atoms with Crippen molar-refractivity contribution in [3.8, 4) is 0 Å². The molecule has 20 heavy (non-hydrogen) atoms. The number of fused-ring (bicyclic) bond motifs is 1. The van der Waals surface area contributed by atoms with Gasteiger partial charge in [-0.25, -0.2) is 13.2 Å². The second kappa shape index (κ2) is 5.26. The van der Waals surface area contributed by atoms with E-state index in [4.69, 9.17) is 0 Å². The lowest BCUT2D eigenvalue weighted by molar-refractivity contribution is 0.103. The number of benzene rings is 1. The number of rotatable bonds is 2. The Kier molecular flexibility index (Phi) is 3.60. The average molecular weight is 314 g/mol. The van der Waals surface area contributed by atoms with Crippen molar-refractivity contribution in [1.29, 1.82) is 0 Å². The first-order chi connectivity index (χ1) is 9.58. The minimum Gasteiger partial charge on any atom is -0.288 e. The fourth-order valence-electron chi connectivity index (χ4n) is 2.09. The van der Waals surface area contributed by atoms with Gasteiger partial charge in [0.1, 0.15) is 0 Å². The molecule has 1 aromatic carbocycles. The van der Waals surface area contributed by atoms with Crippen LogP contribution < -0.4 is 0 Å². The van der Waals surface area contributed by atoms with Crippen molar-refractivity contribution in [2.24, 2.45) is 0 Å². The molecule has 0 radical (unpaired) electrons. The van der Waals surface area contributed by atoms with Crippen LogP contribution in [0.15, 0.2) is 18.2 Å². The number of carbonyl (C=O) groups is 1. The molecule has 104 valence electrons. The van der Waals surface area contributed by atoms with Crippen molar-refractivity contribution in [1.82, 2.24) is 0 Å². The van der Waals surface area contributed by atoms with E-state index in [1.165, 1.54) is 11.3 Å². The summed E-state index contributed by atoms with van der Waals surface area (Å²) < 4.78 is 39.7. The maximum absolute atomic E-state index is 13.6.